The molecule has 0 bridgehead atoms. The van der Waals surface area contributed by atoms with Crippen molar-refractivity contribution >= 4 is 55.9 Å². The summed E-state index contributed by atoms with van der Waals surface area (Å²) in [6.07, 6.45) is 5.82. The molecule has 1 amide bonds. The maximum Gasteiger partial charge on any atom is 0.291 e. The van der Waals surface area contributed by atoms with Crippen LogP contribution in [0.2, 0.25) is 0 Å². The number of fused-ring (bicyclic) bond motifs is 5. The first-order chi connectivity index (χ1) is 29.9. The fourth-order valence-corrected chi connectivity index (χ4v) is 8.69. The molecule has 62 heavy (non-hydrogen) atoms. The molecule has 4 aromatic heterocycles. The molecule has 0 spiro atoms. The second-order valence-electron chi connectivity index (χ2n) is 16.8. The van der Waals surface area contributed by atoms with E-state index in [0.29, 0.717) is 18.2 Å². The molecule has 0 unspecified atom stereocenters. The minimum atomic E-state index is -0.530. The van der Waals surface area contributed by atoms with Gasteiger partial charge in [0.15, 0.2) is 11.4 Å². The van der Waals surface area contributed by atoms with Crippen LogP contribution in [0.3, 0.4) is 0 Å². The molecule has 4 N–H and O–H groups in total. The van der Waals surface area contributed by atoms with E-state index in [1.807, 2.05) is 19.2 Å². The summed E-state index contributed by atoms with van der Waals surface area (Å²) < 4.78 is 28.6. The zero-order chi connectivity index (χ0) is 43.7. The highest BCUT2D eigenvalue weighted by Gasteiger charge is 2.31. The van der Waals surface area contributed by atoms with Crippen LogP contribution in [0.4, 0.5) is 17.5 Å². The van der Waals surface area contributed by atoms with Gasteiger partial charge in [0.25, 0.3) is 11.9 Å². The Hall–Kier alpha value is -6.54. The molecule has 3 aromatic carbocycles. The van der Waals surface area contributed by atoms with Gasteiger partial charge in [0.2, 0.25) is 17.7 Å². The summed E-state index contributed by atoms with van der Waals surface area (Å²) in [4.78, 5) is 33.1. The molecule has 324 valence electrons. The van der Waals surface area contributed by atoms with Crippen LogP contribution in [-0.2, 0) is 11.8 Å². The van der Waals surface area contributed by atoms with Crippen molar-refractivity contribution in [1.82, 2.24) is 24.8 Å². The first-order valence-corrected chi connectivity index (χ1v) is 21.2. The summed E-state index contributed by atoms with van der Waals surface area (Å²) in [7, 11) is 6.77. The summed E-state index contributed by atoms with van der Waals surface area (Å²) in [6.45, 7) is 14.0. The Bertz CT molecular complexity index is 2770. The highest BCUT2D eigenvalue weighted by Crippen LogP contribution is 2.43. The lowest BCUT2D eigenvalue weighted by Crippen LogP contribution is -2.24. The number of nitrogens with one attached hydrogen (secondary N) is 4. The number of anilines is 3. The molecule has 14 heteroatoms. The van der Waals surface area contributed by atoms with Crippen LogP contribution >= 0.6 is 0 Å². The van der Waals surface area contributed by atoms with E-state index in [-0.39, 0.29) is 34.6 Å². The molecule has 0 saturated carbocycles. The Morgan fingerprint density at radius 3 is 2.34 bits per heavy atom. The van der Waals surface area contributed by atoms with Crippen molar-refractivity contribution in [2.24, 2.45) is 0 Å². The van der Waals surface area contributed by atoms with Crippen molar-refractivity contribution in [3.63, 3.8) is 0 Å². The Labute approximate surface area is 361 Å². The van der Waals surface area contributed by atoms with Crippen molar-refractivity contribution in [1.29, 1.82) is 0 Å². The second-order valence-corrected chi connectivity index (χ2v) is 16.8. The Morgan fingerprint density at radius 1 is 0.871 bits per heavy atom. The number of methoxy groups -OCH3 is 3. The van der Waals surface area contributed by atoms with Gasteiger partial charge in [-0.25, -0.2) is 4.98 Å². The summed E-state index contributed by atoms with van der Waals surface area (Å²) >= 11 is 0. The van der Waals surface area contributed by atoms with Gasteiger partial charge >= 0.3 is 0 Å². The van der Waals surface area contributed by atoms with Crippen LogP contribution in [-0.4, -0.2) is 85.3 Å². The summed E-state index contributed by atoms with van der Waals surface area (Å²) in [5, 5.41) is 14.4. The molecule has 8 rings (SSSR count). The topological polar surface area (TPSA) is 161 Å². The summed E-state index contributed by atoms with van der Waals surface area (Å²) in [5.74, 6) is 2.79. The predicted molar refractivity (Wildman–Crippen MR) is 245 cm³/mol. The summed E-state index contributed by atoms with van der Waals surface area (Å²) in [6, 6.07) is 15.7. The smallest absolute Gasteiger partial charge is 0.291 e. The standard InChI is InChI=1S/C48H56N8O6/c1-27-24-30-16-18-48(4,5)34(30)26-37(27)62-38-15-14-36(61-38)44(57)53-42-45(59-8)54-47(55-46(42)60-9)51-20-11-23-56(6)22-10-19-49-43-40-29(3)39-33-25-31(58-7)12-13-35(33)52-41(39)28(2)32(40)17-21-50-43/h12-15,17,21,24-26,52H,10-11,16,18-20,22-23H2,1-9H3,(H,49,50)(H,53,57)(H,51,54,55). The number of nitrogens with zero attached hydrogens (tertiary/aromatic N) is 4. The Kier molecular flexibility index (Phi) is 11.9. The highest BCUT2D eigenvalue weighted by molar-refractivity contribution is 6.18. The van der Waals surface area contributed by atoms with Crippen LogP contribution in [0, 0.1) is 20.8 Å². The lowest BCUT2D eigenvalue weighted by molar-refractivity contribution is 0.0990. The van der Waals surface area contributed by atoms with Crippen molar-refractivity contribution in [3.8, 4) is 29.2 Å². The van der Waals surface area contributed by atoms with E-state index < -0.39 is 5.91 Å². The number of aryl methyl sites for hydroxylation is 4. The van der Waals surface area contributed by atoms with Gasteiger partial charge in [0, 0.05) is 47.0 Å². The Balaban J connectivity index is 0.830. The second kappa shape index (κ2) is 17.4. The number of carbonyl (C=O) groups is 1. The molecular weight excluding hydrogens is 785 g/mol. The largest absolute Gasteiger partial charge is 0.497 e. The van der Waals surface area contributed by atoms with Crippen LogP contribution in [0.1, 0.15) is 71.5 Å². The van der Waals surface area contributed by atoms with E-state index in [2.05, 4.69) is 101 Å². The molecular formula is C48H56N8O6. The molecule has 0 aliphatic heterocycles. The van der Waals surface area contributed by atoms with E-state index >= 15 is 0 Å². The molecule has 1 aliphatic rings. The van der Waals surface area contributed by atoms with Crippen LogP contribution < -0.4 is 34.9 Å². The van der Waals surface area contributed by atoms with Gasteiger partial charge in [0.1, 0.15) is 17.3 Å². The third-order valence-corrected chi connectivity index (χ3v) is 12.1. The van der Waals surface area contributed by atoms with Gasteiger partial charge in [-0.05, 0) is 142 Å². The average molecular weight is 841 g/mol. The minimum absolute atomic E-state index is 0.0505. The SMILES string of the molecule is COc1ccc2[nH]c3c(C)c4ccnc(NCCCN(C)CCCNc5nc(OC)c(NC(=O)c6ccc(Oc7cc8c(cc7C)CCC8(C)C)o6)c(OC)n5)c4c(C)c3c2c1. The maximum absolute atomic E-state index is 13.4. The first kappa shape index (κ1) is 42.2. The quantitative estimate of drug-likeness (QED) is 0.0644. The number of amides is 1. The van der Waals surface area contributed by atoms with Gasteiger partial charge in [-0.3, -0.25) is 4.79 Å². The Morgan fingerprint density at radius 2 is 1.61 bits per heavy atom. The number of ether oxygens (including phenoxy) is 4. The molecule has 14 nitrogen and oxygen atoms in total. The van der Waals surface area contributed by atoms with Gasteiger partial charge in [-0.1, -0.05) is 19.9 Å². The average Bonchev–Trinajstić information content (AvgIpc) is 3.98. The van der Waals surface area contributed by atoms with Gasteiger partial charge in [-0.2, -0.15) is 9.97 Å². The van der Waals surface area contributed by atoms with E-state index in [0.717, 1.165) is 84.3 Å². The zero-order valence-electron chi connectivity index (χ0n) is 37.1. The van der Waals surface area contributed by atoms with Crippen LogP contribution in [0.5, 0.6) is 29.2 Å². The fraction of sp³-hybridized carbons (Fsp3) is 0.375. The number of carbonyl (C=O) groups excluding carboxylic acids is 1. The lowest BCUT2D eigenvalue weighted by atomic mass is 9.86. The third kappa shape index (κ3) is 8.26. The van der Waals surface area contributed by atoms with Crippen LogP contribution in [0.25, 0.3) is 32.6 Å². The van der Waals surface area contributed by atoms with E-state index in [9.17, 15) is 4.79 Å². The van der Waals surface area contributed by atoms with E-state index in [4.69, 9.17) is 28.3 Å². The van der Waals surface area contributed by atoms with Crippen molar-refractivity contribution in [3.05, 3.63) is 88.3 Å². The number of pyridine rings is 1. The lowest BCUT2D eigenvalue weighted by Gasteiger charge is -2.20. The highest BCUT2D eigenvalue weighted by atomic mass is 16.6. The number of rotatable bonds is 17. The molecule has 0 saturated heterocycles. The van der Waals surface area contributed by atoms with Gasteiger partial charge < -0.3 is 49.2 Å². The molecule has 7 aromatic rings. The number of hydrogen-bond donors (Lipinski definition) is 4. The predicted octanol–water partition coefficient (Wildman–Crippen LogP) is 9.71. The first-order valence-electron chi connectivity index (χ1n) is 21.2. The van der Waals surface area contributed by atoms with Crippen molar-refractivity contribution in [2.45, 2.75) is 65.7 Å². The number of hydrogen-bond acceptors (Lipinski definition) is 12. The molecule has 1 aliphatic carbocycles. The number of benzene rings is 3. The molecule has 0 fully saturated rings. The number of aromatic amines is 1. The molecule has 4 heterocycles. The molecule has 0 radical (unpaired) electrons. The number of H-pyrrole nitrogens is 1. The van der Waals surface area contributed by atoms with Crippen molar-refractivity contribution in [2.75, 3.05) is 70.5 Å². The fourth-order valence-electron chi connectivity index (χ4n) is 8.69. The number of furan rings is 1. The van der Waals surface area contributed by atoms with Gasteiger partial charge in [0.05, 0.1) is 26.8 Å². The number of aromatic nitrogens is 4. The minimum Gasteiger partial charge on any atom is -0.497 e. The zero-order valence-corrected chi connectivity index (χ0v) is 37.1. The molecule has 0 atom stereocenters. The summed E-state index contributed by atoms with van der Waals surface area (Å²) in [5.41, 5.74) is 8.54. The monoisotopic (exact) mass is 840 g/mol. The maximum atomic E-state index is 13.4. The normalized spacial score (nSPS) is 13.2. The van der Waals surface area contributed by atoms with Crippen LogP contribution in [0.15, 0.2) is 59.1 Å². The third-order valence-electron chi connectivity index (χ3n) is 12.1. The van der Waals surface area contributed by atoms with E-state index in [1.165, 1.54) is 47.2 Å². The van der Waals surface area contributed by atoms with E-state index in [1.54, 1.807) is 19.2 Å². The van der Waals surface area contributed by atoms with Crippen molar-refractivity contribution < 1.29 is 28.2 Å². The van der Waals surface area contributed by atoms with Gasteiger partial charge in [-0.15, -0.1) is 0 Å².